The first-order valence-electron chi connectivity index (χ1n) is 6.40. The molecule has 1 fully saturated rings. The Balaban J connectivity index is 1.83. The van der Waals surface area contributed by atoms with Crippen molar-refractivity contribution in [3.63, 3.8) is 0 Å². The van der Waals surface area contributed by atoms with E-state index in [-0.39, 0.29) is 0 Å². The maximum Gasteiger partial charge on any atom is 0.0674 e. The molecule has 0 amide bonds. The van der Waals surface area contributed by atoms with Crippen molar-refractivity contribution in [2.75, 3.05) is 26.2 Å². The van der Waals surface area contributed by atoms with Crippen LogP contribution in [0.1, 0.15) is 23.6 Å². The Labute approximate surface area is 108 Å². The zero-order chi connectivity index (χ0) is 12.1. The number of thiophene rings is 1. The van der Waals surface area contributed by atoms with Gasteiger partial charge in [0.15, 0.2) is 0 Å². The summed E-state index contributed by atoms with van der Waals surface area (Å²) in [6.45, 7) is 10.4. The molecule has 0 aliphatic carbocycles. The quantitative estimate of drug-likeness (QED) is 0.870. The Morgan fingerprint density at radius 2 is 2.29 bits per heavy atom. The maximum atomic E-state index is 5.56. The fourth-order valence-electron chi connectivity index (χ4n) is 2.11. The van der Waals surface area contributed by atoms with E-state index >= 15 is 0 Å². The molecule has 1 N–H and O–H groups in total. The summed E-state index contributed by atoms with van der Waals surface area (Å²) in [6, 6.07) is 4.50. The third kappa shape index (κ3) is 4.07. The monoisotopic (exact) mass is 254 g/mol. The van der Waals surface area contributed by atoms with Crippen molar-refractivity contribution in [3.8, 4) is 0 Å². The highest BCUT2D eigenvalue weighted by Gasteiger charge is 2.17. The predicted octanol–water partition coefficient (Wildman–Crippen LogP) is 2.08. The van der Waals surface area contributed by atoms with Crippen molar-refractivity contribution < 1.29 is 4.74 Å². The fourth-order valence-corrected chi connectivity index (χ4v) is 3.14. The molecule has 0 radical (unpaired) electrons. The van der Waals surface area contributed by atoms with E-state index in [1.807, 2.05) is 11.3 Å². The predicted molar refractivity (Wildman–Crippen MR) is 72.4 cm³/mol. The van der Waals surface area contributed by atoms with E-state index < -0.39 is 0 Å². The molecule has 0 spiro atoms. The molecule has 4 heteroatoms. The summed E-state index contributed by atoms with van der Waals surface area (Å²) in [7, 11) is 0. The third-order valence-corrected chi connectivity index (χ3v) is 4.04. The van der Waals surface area contributed by atoms with Crippen LogP contribution in [0.25, 0.3) is 0 Å². The molecule has 0 bridgehead atoms. The lowest BCUT2D eigenvalue weighted by atomic mass is 10.3. The van der Waals surface area contributed by atoms with Crippen LogP contribution in [0.2, 0.25) is 0 Å². The van der Waals surface area contributed by atoms with E-state index in [0.717, 1.165) is 39.3 Å². The van der Waals surface area contributed by atoms with Crippen LogP contribution in [0.15, 0.2) is 12.1 Å². The van der Waals surface area contributed by atoms with Crippen LogP contribution >= 0.6 is 11.3 Å². The van der Waals surface area contributed by atoms with Gasteiger partial charge in [0.2, 0.25) is 0 Å². The first-order chi connectivity index (χ1) is 8.28. The molecule has 2 rings (SSSR count). The number of nitrogens with one attached hydrogen (secondary N) is 1. The van der Waals surface area contributed by atoms with E-state index in [4.69, 9.17) is 4.74 Å². The molecule has 3 nitrogen and oxygen atoms in total. The lowest BCUT2D eigenvalue weighted by molar-refractivity contribution is -0.0208. The molecular formula is C13H22N2OS. The van der Waals surface area contributed by atoms with Gasteiger partial charge in [-0.25, -0.2) is 0 Å². The van der Waals surface area contributed by atoms with Gasteiger partial charge in [0.05, 0.1) is 12.7 Å². The number of nitrogens with zero attached hydrogens (tertiary/aromatic N) is 1. The van der Waals surface area contributed by atoms with Crippen molar-refractivity contribution in [1.29, 1.82) is 0 Å². The molecule has 1 aliphatic rings. The van der Waals surface area contributed by atoms with E-state index in [1.54, 1.807) is 0 Å². The SMILES string of the molecule is CCNCc1ccc(CN2CCOC(C)C2)s1. The number of hydrogen-bond acceptors (Lipinski definition) is 4. The van der Waals surface area contributed by atoms with Gasteiger partial charge in [-0.1, -0.05) is 6.92 Å². The van der Waals surface area contributed by atoms with Crippen molar-refractivity contribution in [2.24, 2.45) is 0 Å². The van der Waals surface area contributed by atoms with Gasteiger partial charge in [-0.2, -0.15) is 0 Å². The Hall–Kier alpha value is -0.420. The highest BCUT2D eigenvalue weighted by molar-refractivity contribution is 7.11. The second-order valence-electron chi connectivity index (χ2n) is 4.56. The zero-order valence-electron chi connectivity index (χ0n) is 10.7. The summed E-state index contributed by atoms with van der Waals surface area (Å²) < 4.78 is 5.56. The highest BCUT2D eigenvalue weighted by Crippen LogP contribution is 2.19. The summed E-state index contributed by atoms with van der Waals surface area (Å²) in [5.74, 6) is 0. The van der Waals surface area contributed by atoms with Gasteiger partial charge in [-0.3, -0.25) is 4.90 Å². The molecule has 1 aliphatic heterocycles. The summed E-state index contributed by atoms with van der Waals surface area (Å²) in [5.41, 5.74) is 0. The first kappa shape index (κ1) is 13.0. The second kappa shape index (κ2) is 6.50. The van der Waals surface area contributed by atoms with E-state index in [1.165, 1.54) is 9.75 Å². The van der Waals surface area contributed by atoms with Gasteiger partial charge in [-0.05, 0) is 25.6 Å². The Morgan fingerprint density at radius 1 is 1.47 bits per heavy atom. The summed E-state index contributed by atoms with van der Waals surface area (Å²) in [6.07, 6.45) is 0.380. The van der Waals surface area contributed by atoms with Crippen molar-refractivity contribution in [2.45, 2.75) is 33.0 Å². The van der Waals surface area contributed by atoms with Gasteiger partial charge in [0.1, 0.15) is 0 Å². The van der Waals surface area contributed by atoms with E-state index in [9.17, 15) is 0 Å². The Kier molecular flexibility index (Phi) is 4.98. The molecule has 17 heavy (non-hydrogen) atoms. The second-order valence-corrected chi connectivity index (χ2v) is 5.82. The van der Waals surface area contributed by atoms with Crippen molar-refractivity contribution in [1.82, 2.24) is 10.2 Å². The molecule has 2 heterocycles. The van der Waals surface area contributed by atoms with Gasteiger partial charge in [-0.15, -0.1) is 11.3 Å². The lowest BCUT2D eigenvalue weighted by Gasteiger charge is -2.30. The summed E-state index contributed by atoms with van der Waals surface area (Å²) in [4.78, 5) is 5.38. The fraction of sp³-hybridized carbons (Fsp3) is 0.692. The van der Waals surface area contributed by atoms with Crippen LogP contribution in [-0.4, -0.2) is 37.2 Å². The van der Waals surface area contributed by atoms with Gasteiger partial charge >= 0.3 is 0 Å². The van der Waals surface area contributed by atoms with Crippen LogP contribution < -0.4 is 5.32 Å². The largest absolute Gasteiger partial charge is 0.376 e. The van der Waals surface area contributed by atoms with Crippen molar-refractivity contribution >= 4 is 11.3 Å². The van der Waals surface area contributed by atoms with Crippen LogP contribution in [0.5, 0.6) is 0 Å². The number of morpholine rings is 1. The lowest BCUT2D eigenvalue weighted by Crippen LogP contribution is -2.40. The van der Waals surface area contributed by atoms with Crippen molar-refractivity contribution in [3.05, 3.63) is 21.9 Å². The average molecular weight is 254 g/mol. The average Bonchev–Trinajstić information content (AvgIpc) is 2.74. The number of hydrogen-bond donors (Lipinski definition) is 1. The molecular weight excluding hydrogens is 232 g/mol. The van der Waals surface area contributed by atoms with Gasteiger partial charge in [0, 0.05) is 35.9 Å². The van der Waals surface area contributed by atoms with Crippen LogP contribution in [0.4, 0.5) is 0 Å². The Bertz CT molecular complexity index is 340. The van der Waals surface area contributed by atoms with Crippen LogP contribution in [0.3, 0.4) is 0 Å². The molecule has 1 saturated heterocycles. The number of rotatable bonds is 5. The number of ether oxygens (including phenoxy) is 1. The Morgan fingerprint density at radius 3 is 3.06 bits per heavy atom. The van der Waals surface area contributed by atoms with Crippen LogP contribution in [0, 0.1) is 0 Å². The third-order valence-electron chi connectivity index (χ3n) is 2.97. The normalized spacial score (nSPS) is 21.9. The minimum absolute atomic E-state index is 0.380. The first-order valence-corrected chi connectivity index (χ1v) is 7.22. The standard InChI is InChI=1S/C13H22N2OS/c1-3-14-8-12-4-5-13(17-12)10-15-6-7-16-11(2)9-15/h4-5,11,14H,3,6-10H2,1-2H3. The molecule has 0 aromatic carbocycles. The molecule has 1 aromatic rings. The smallest absolute Gasteiger partial charge is 0.0674 e. The zero-order valence-corrected chi connectivity index (χ0v) is 11.6. The summed E-state index contributed by atoms with van der Waals surface area (Å²) >= 11 is 1.92. The minimum atomic E-state index is 0.380. The minimum Gasteiger partial charge on any atom is -0.376 e. The van der Waals surface area contributed by atoms with E-state index in [2.05, 4.69) is 36.2 Å². The maximum absolute atomic E-state index is 5.56. The topological polar surface area (TPSA) is 24.5 Å². The van der Waals surface area contributed by atoms with Gasteiger partial charge in [0.25, 0.3) is 0 Å². The van der Waals surface area contributed by atoms with Gasteiger partial charge < -0.3 is 10.1 Å². The molecule has 1 aromatic heterocycles. The molecule has 1 unspecified atom stereocenters. The molecule has 1 atom stereocenters. The van der Waals surface area contributed by atoms with E-state index in [0.29, 0.717) is 6.10 Å². The molecule has 0 saturated carbocycles. The molecule has 96 valence electrons. The highest BCUT2D eigenvalue weighted by atomic mass is 32.1. The van der Waals surface area contributed by atoms with Crippen LogP contribution in [-0.2, 0) is 17.8 Å². The summed E-state index contributed by atoms with van der Waals surface area (Å²) in [5, 5.41) is 3.37.